The van der Waals surface area contributed by atoms with Gasteiger partial charge < -0.3 is 4.48 Å². The molecule has 0 unspecified atom stereocenters. The molecule has 1 aromatic heterocycles. The Morgan fingerprint density at radius 1 is 1.21 bits per heavy atom. The molecule has 1 rings (SSSR count). The predicted molar refractivity (Wildman–Crippen MR) is 61.9 cm³/mol. The summed E-state index contributed by atoms with van der Waals surface area (Å²) in [6.45, 7) is 10.2. The van der Waals surface area contributed by atoms with Gasteiger partial charge in [0.15, 0.2) is 0 Å². The first-order valence-corrected chi connectivity index (χ1v) is 4.89. The fourth-order valence-corrected chi connectivity index (χ4v) is 0.947. The van der Waals surface area contributed by atoms with Gasteiger partial charge in [-0.1, -0.05) is 40.7 Å². The normalized spacial score (nSPS) is 10.4. The molecule has 1 heterocycles. The lowest BCUT2D eigenvalue weighted by molar-refractivity contribution is 0.585. The van der Waals surface area contributed by atoms with Crippen LogP contribution < -0.4 is 5.56 Å². The van der Waals surface area contributed by atoms with E-state index >= 15 is 0 Å². The van der Waals surface area contributed by atoms with E-state index in [9.17, 15) is 4.79 Å². The van der Waals surface area contributed by atoms with Crippen molar-refractivity contribution in [3.63, 3.8) is 0 Å². The summed E-state index contributed by atoms with van der Waals surface area (Å²) in [4.78, 5) is 10.9. The number of nitrogens with zero attached hydrogens (tertiary/aromatic N) is 1. The van der Waals surface area contributed by atoms with Gasteiger partial charge in [0.1, 0.15) is 0 Å². The van der Waals surface area contributed by atoms with Crippen molar-refractivity contribution in [3.8, 4) is 0 Å². The SMILES string of the molecule is CC.[B]n1cc(C(C)(C)C)ccc1=O. The Bertz CT molecular complexity index is 336. The molecule has 2 radical (unpaired) electrons. The predicted octanol–water partition coefficient (Wildman–Crippen LogP) is 2.10. The second-order valence-corrected chi connectivity index (χ2v) is 3.91. The smallest absolute Gasteiger partial charge is 0.238 e. The van der Waals surface area contributed by atoms with Crippen molar-refractivity contribution in [2.24, 2.45) is 0 Å². The van der Waals surface area contributed by atoms with Crippen molar-refractivity contribution in [2.75, 3.05) is 0 Å². The van der Waals surface area contributed by atoms with E-state index in [1.807, 2.05) is 19.9 Å². The molecule has 0 atom stereocenters. The van der Waals surface area contributed by atoms with Crippen molar-refractivity contribution >= 4 is 7.98 Å². The number of hydrogen-bond acceptors (Lipinski definition) is 1. The third-order valence-electron chi connectivity index (χ3n) is 1.80. The Labute approximate surface area is 87.4 Å². The molecule has 0 aromatic carbocycles. The van der Waals surface area contributed by atoms with Gasteiger partial charge >= 0.3 is 0 Å². The highest BCUT2D eigenvalue weighted by Gasteiger charge is 2.13. The minimum absolute atomic E-state index is 0.0365. The largest absolute Gasteiger partial charge is 0.371 e. The fraction of sp³-hybridized carbons (Fsp3) is 0.545. The number of pyridine rings is 1. The summed E-state index contributed by atoms with van der Waals surface area (Å²) in [7, 11) is 5.42. The van der Waals surface area contributed by atoms with Gasteiger partial charge in [-0.05, 0) is 17.2 Å². The molecule has 1 aromatic rings. The lowest BCUT2D eigenvalue weighted by Gasteiger charge is -2.19. The monoisotopic (exact) mass is 191 g/mol. The van der Waals surface area contributed by atoms with Gasteiger partial charge in [-0.15, -0.1) is 0 Å². The molecular formula is C11H18BNO. The third-order valence-corrected chi connectivity index (χ3v) is 1.80. The molecule has 0 aliphatic rings. The van der Waals surface area contributed by atoms with Crippen LogP contribution in [0.3, 0.4) is 0 Å². The number of hydrogen-bond donors (Lipinski definition) is 0. The van der Waals surface area contributed by atoms with Gasteiger partial charge in [0.2, 0.25) is 13.5 Å². The Morgan fingerprint density at radius 3 is 2.07 bits per heavy atom. The molecule has 0 saturated carbocycles. The average Bonchev–Trinajstić information content (AvgIpc) is 2.11. The molecule has 0 N–H and O–H groups in total. The maximum absolute atomic E-state index is 10.9. The van der Waals surface area contributed by atoms with Crippen molar-refractivity contribution < 1.29 is 0 Å². The second-order valence-electron chi connectivity index (χ2n) is 3.91. The molecule has 76 valence electrons. The van der Waals surface area contributed by atoms with Crippen molar-refractivity contribution in [2.45, 2.75) is 40.0 Å². The molecule has 0 aliphatic carbocycles. The maximum Gasteiger partial charge on any atom is 0.238 e. The van der Waals surface area contributed by atoms with Crippen molar-refractivity contribution in [3.05, 3.63) is 34.2 Å². The lowest BCUT2D eigenvalue weighted by Crippen LogP contribution is -2.21. The van der Waals surface area contributed by atoms with Gasteiger partial charge in [-0.25, -0.2) is 0 Å². The van der Waals surface area contributed by atoms with Gasteiger partial charge in [0, 0.05) is 6.07 Å². The highest BCUT2D eigenvalue weighted by molar-refractivity contribution is 6.06. The molecular weight excluding hydrogens is 173 g/mol. The molecule has 0 saturated heterocycles. The first kappa shape index (κ1) is 13.0. The van der Waals surface area contributed by atoms with Crippen LogP contribution in [0.5, 0.6) is 0 Å². The van der Waals surface area contributed by atoms with E-state index in [1.54, 1.807) is 6.20 Å². The van der Waals surface area contributed by atoms with Crippen LogP contribution in [-0.4, -0.2) is 12.5 Å². The highest BCUT2D eigenvalue weighted by Crippen LogP contribution is 2.19. The summed E-state index contributed by atoms with van der Waals surface area (Å²) in [5.74, 6) is 0. The van der Waals surface area contributed by atoms with Gasteiger partial charge in [-0.2, -0.15) is 0 Å². The molecule has 0 amide bonds. The van der Waals surface area contributed by atoms with Gasteiger partial charge in [0.25, 0.3) is 0 Å². The second kappa shape index (κ2) is 5.04. The van der Waals surface area contributed by atoms with Crippen LogP contribution in [0.4, 0.5) is 0 Å². The van der Waals surface area contributed by atoms with E-state index in [-0.39, 0.29) is 11.0 Å². The minimum atomic E-state index is -0.178. The van der Waals surface area contributed by atoms with Crippen LogP contribution in [-0.2, 0) is 5.41 Å². The minimum Gasteiger partial charge on any atom is -0.371 e. The first-order valence-electron chi connectivity index (χ1n) is 4.89. The molecule has 0 aliphatic heterocycles. The number of rotatable bonds is 0. The zero-order valence-electron chi connectivity index (χ0n) is 9.66. The third kappa shape index (κ3) is 3.40. The molecule has 3 heteroatoms. The van der Waals surface area contributed by atoms with Crippen LogP contribution in [0.1, 0.15) is 40.2 Å². The highest BCUT2D eigenvalue weighted by atomic mass is 16.1. The zero-order chi connectivity index (χ0) is 11.4. The van der Waals surface area contributed by atoms with Crippen LogP contribution in [0, 0.1) is 0 Å². The van der Waals surface area contributed by atoms with E-state index in [1.165, 1.54) is 6.07 Å². The molecule has 14 heavy (non-hydrogen) atoms. The van der Waals surface area contributed by atoms with E-state index in [0.29, 0.717) is 0 Å². The average molecular weight is 191 g/mol. The van der Waals surface area contributed by atoms with E-state index < -0.39 is 0 Å². The zero-order valence-corrected chi connectivity index (χ0v) is 9.66. The Hall–Kier alpha value is -0.985. The van der Waals surface area contributed by atoms with Gasteiger partial charge in [0.05, 0.1) is 0 Å². The van der Waals surface area contributed by atoms with Crippen LogP contribution >= 0.6 is 0 Å². The standard InChI is InChI=1S/C9H12BNO.C2H6/c1-9(2,3)7-4-5-8(12)11(10)6-7;1-2/h4-6H,1-3H3;1-2H3. The summed E-state index contributed by atoms with van der Waals surface area (Å²) in [6, 6.07) is 3.30. The topological polar surface area (TPSA) is 22.0 Å². The summed E-state index contributed by atoms with van der Waals surface area (Å²) >= 11 is 0. The van der Waals surface area contributed by atoms with Crippen molar-refractivity contribution in [1.29, 1.82) is 0 Å². The summed E-state index contributed by atoms with van der Waals surface area (Å²) < 4.78 is 1.11. The quantitative estimate of drug-likeness (QED) is 0.575. The Balaban J connectivity index is 0.000000791. The van der Waals surface area contributed by atoms with Crippen molar-refractivity contribution in [1.82, 2.24) is 4.48 Å². The Kier molecular flexibility index (Phi) is 4.68. The summed E-state index contributed by atoms with van der Waals surface area (Å²) in [5.41, 5.74) is 0.919. The number of aromatic nitrogens is 1. The first-order chi connectivity index (χ1) is 6.41. The van der Waals surface area contributed by atoms with E-state index in [2.05, 4.69) is 20.8 Å². The molecule has 0 bridgehead atoms. The maximum atomic E-state index is 10.9. The fourth-order valence-electron chi connectivity index (χ4n) is 0.947. The van der Waals surface area contributed by atoms with Crippen LogP contribution in [0.25, 0.3) is 0 Å². The summed E-state index contributed by atoms with van der Waals surface area (Å²) in [6.07, 6.45) is 1.67. The molecule has 0 spiro atoms. The molecule has 2 nitrogen and oxygen atoms in total. The Morgan fingerprint density at radius 2 is 1.71 bits per heavy atom. The van der Waals surface area contributed by atoms with Crippen LogP contribution in [0.15, 0.2) is 23.1 Å². The lowest BCUT2D eigenvalue weighted by atomic mass is 9.88. The molecule has 0 fully saturated rings. The van der Waals surface area contributed by atoms with E-state index in [0.717, 1.165) is 10.0 Å². The van der Waals surface area contributed by atoms with E-state index in [4.69, 9.17) is 7.98 Å². The van der Waals surface area contributed by atoms with Gasteiger partial charge in [-0.3, -0.25) is 4.79 Å². The van der Waals surface area contributed by atoms with Crippen LogP contribution in [0.2, 0.25) is 0 Å². The summed E-state index contributed by atoms with van der Waals surface area (Å²) in [5, 5.41) is 0.